The summed E-state index contributed by atoms with van der Waals surface area (Å²) in [6.45, 7) is 1.46. The lowest BCUT2D eigenvalue weighted by molar-refractivity contribution is -0.386. The lowest BCUT2D eigenvalue weighted by Crippen LogP contribution is -2.33. The van der Waals surface area contributed by atoms with Crippen LogP contribution in [0, 0.1) is 15.9 Å². The van der Waals surface area contributed by atoms with Gasteiger partial charge in [-0.05, 0) is 6.07 Å². The van der Waals surface area contributed by atoms with Crippen LogP contribution in [0.25, 0.3) is 0 Å². The molecule has 0 radical (unpaired) electrons. The van der Waals surface area contributed by atoms with Crippen LogP contribution in [0.5, 0.6) is 5.75 Å². The molecular formula is C10H11FN2O4. The Morgan fingerprint density at radius 1 is 1.59 bits per heavy atom. The molecule has 0 amide bonds. The van der Waals surface area contributed by atoms with Crippen LogP contribution in [0.2, 0.25) is 0 Å². The van der Waals surface area contributed by atoms with Gasteiger partial charge in [0.1, 0.15) is 5.82 Å². The number of nitrogens with one attached hydrogen (secondary N) is 1. The van der Waals surface area contributed by atoms with Gasteiger partial charge in [0.2, 0.25) is 0 Å². The predicted molar refractivity (Wildman–Crippen MR) is 56.3 cm³/mol. The minimum atomic E-state index is -0.821. The topological polar surface area (TPSA) is 84.6 Å². The van der Waals surface area contributed by atoms with Crippen molar-refractivity contribution in [3.63, 3.8) is 0 Å². The number of hydrogen-bond donors (Lipinski definition) is 2. The van der Waals surface area contributed by atoms with Crippen LogP contribution >= 0.6 is 0 Å². The second-order valence-electron chi connectivity index (χ2n) is 3.68. The summed E-state index contributed by atoms with van der Waals surface area (Å²) in [7, 11) is 0. The highest BCUT2D eigenvalue weighted by Gasteiger charge is 2.26. The highest BCUT2D eigenvalue weighted by atomic mass is 19.1. The van der Waals surface area contributed by atoms with E-state index in [1.54, 1.807) is 0 Å². The van der Waals surface area contributed by atoms with Crippen LogP contribution in [-0.2, 0) is 4.74 Å². The number of nitrogens with zero attached hydrogens (tertiary/aromatic N) is 1. The SMILES string of the molecule is O=[N+]([O-])c1cc(F)cc(C2CNCCO2)c1O. The first-order valence-corrected chi connectivity index (χ1v) is 5.08. The summed E-state index contributed by atoms with van der Waals surface area (Å²) in [5, 5.41) is 23.4. The average molecular weight is 242 g/mol. The molecule has 1 saturated heterocycles. The first-order valence-electron chi connectivity index (χ1n) is 5.08. The van der Waals surface area contributed by atoms with E-state index < -0.39 is 28.3 Å². The van der Waals surface area contributed by atoms with E-state index in [2.05, 4.69) is 5.32 Å². The molecule has 92 valence electrons. The Hall–Kier alpha value is -1.73. The van der Waals surface area contributed by atoms with Crippen molar-refractivity contribution in [2.24, 2.45) is 0 Å². The number of ether oxygens (including phenoxy) is 1. The molecule has 0 saturated carbocycles. The molecule has 1 aliphatic heterocycles. The highest BCUT2D eigenvalue weighted by molar-refractivity contribution is 5.52. The molecule has 1 aromatic carbocycles. The van der Waals surface area contributed by atoms with E-state index in [1.165, 1.54) is 0 Å². The first-order chi connectivity index (χ1) is 8.09. The monoisotopic (exact) mass is 242 g/mol. The van der Waals surface area contributed by atoms with Crippen molar-refractivity contribution in [2.45, 2.75) is 6.10 Å². The summed E-state index contributed by atoms with van der Waals surface area (Å²) in [6.07, 6.45) is -0.571. The molecule has 1 heterocycles. The fourth-order valence-corrected chi connectivity index (χ4v) is 1.76. The largest absolute Gasteiger partial charge is 0.502 e. The summed E-state index contributed by atoms with van der Waals surface area (Å²) < 4.78 is 18.6. The Bertz CT molecular complexity index is 446. The minimum absolute atomic E-state index is 0.101. The number of aromatic hydroxyl groups is 1. The molecule has 1 fully saturated rings. The predicted octanol–water partition coefficient (Wildman–Crippen LogP) is 1.10. The lowest BCUT2D eigenvalue weighted by Gasteiger charge is -2.24. The molecular weight excluding hydrogens is 231 g/mol. The maximum absolute atomic E-state index is 13.2. The zero-order valence-electron chi connectivity index (χ0n) is 8.85. The second-order valence-corrected chi connectivity index (χ2v) is 3.68. The Kier molecular flexibility index (Phi) is 3.21. The summed E-state index contributed by atoms with van der Waals surface area (Å²) in [6, 6.07) is 1.75. The molecule has 0 aromatic heterocycles. The van der Waals surface area contributed by atoms with Gasteiger partial charge in [0, 0.05) is 18.7 Å². The van der Waals surface area contributed by atoms with Gasteiger partial charge in [-0.2, -0.15) is 0 Å². The van der Waals surface area contributed by atoms with Crippen molar-refractivity contribution in [3.05, 3.63) is 33.6 Å². The standard InChI is InChI=1S/C10H11FN2O4/c11-6-3-7(9-5-12-1-2-17-9)10(14)8(4-6)13(15)16/h3-4,9,12,14H,1-2,5H2. The fraction of sp³-hybridized carbons (Fsp3) is 0.400. The quantitative estimate of drug-likeness (QED) is 0.599. The van der Waals surface area contributed by atoms with Crippen molar-refractivity contribution in [3.8, 4) is 5.75 Å². The zero-order valence-corrected chi connectivity index (χ0v) is 8.85. The number of phenolic OH excluding ortho intramolecular Hbond substituents is 1. The summed E-state index contributed by atoms with van der Waals surface area (Å²) >= 11 is 0. The Morgan fingerprint density at radius 3 is 2.94 bits per heavy atom. The van der Waals surface area contributed by atoms with Crippen molar-refractivity contribution in [2.75, 3.05) is 19.7 Å². The smallest absolute Gasteiger partial charge is 0.314 e. The third-order valence-electron chi connectivity index (χ3n) is 2.56. The molecule has 7 heteroatoms. The fourth-order valence-electron chi connectivity index (χ4n) is 1.76. The normalized spacial score (nSPS) is 20.2. The molecule has 2 N–H and O–H groups in total. The van der Waals surface area contributed by atoms with Gasteiger partial charge in [-0.1, -0.05) is 0 Å². The number of rotatable bonds is 2. The van der Waals surface area contributed by atoms with Gasteiger partial charge in [0.05, 0.1) is 23.7 Å². The second kappa shape index (κ2) is 4.64. The van der Waals surface area contributed by atoms with Gasteiger partial charge in [0.15, 0.2) is 5.75 Å². The number of hydrogen-bond acceptors (Lipinski definition) is 5. The van der Waals surface area contributed by atoms with E-state index in [0.29, 0.717) is 25.8 Å². The molecule has 0 bridgehead atoms. The van der Waals surface area contributed by atoms with Gasteiger partial charge in [-0.25, -0.2) is 4.39 Å². The number of morpholine rings is 1. The zero-order chi connectivity index (χ0) is 12.4. The maximum Gasteiger partial charge on any atom is 0.314 e. The highest BCUT2D eigenvalue weighted by Crippen LogP contribution is 2.36. The van der Waals surface area contributed by atoms with Crippen LogP contribution in [0.15, 0.2) is 12.1 Å². The molecule has 6 nitrogen and oxygen atoms in total. The van der Waals surface area contributed by atoms with Crippen molar-refractivity contribution in [1.29, 1.82) is 0 Å². The molecule has 17 heavy (non-hydrogen) atoms. The lowest BCUT2D eigenvalue weighted by atomic mass is 10.1. The van der Waals surface area contributed by atoms with Gasteiger partial charge in [-0.3, -0.25) is 10.1 Å². The number of benzene rings is 1. The maximum atomic E-state index is 13.2. The molecule has 2 rings (SSSR count). The number of halogens is 1. The summed E-state index contributed by atoms with van der Waals surface area (Å²) in [5.41, 5.74) is -0.543. The van der Waals surface area contributed by atoms with E-state index in [0.717, 1.165) is 6.07 Å². The third-order valence-corrected chi connectivity index (χ3v) is 2.56. The van der Waals surface area contributed by atoms with E-state index in [1.807, 2.05) is 0 Å². The summed E-state index contributed by atoms with van der Waals surface area (Å²) in [5.74, 6) is -1.30. The van der Waals surface area contributed by atoms with Gasteiger partial charge in [-0.15, -0.1) is 0 Å². The molecule has 0 aliphatic carbocycles. The van der Waals surface area contributed by atoms with Gasteiger partial charge >= 0.3 is 5.69 Å². The Balaban J connectivity index is 2.41. The molecule has 0 spiro atoms. The van der Waals surface area contributed by atoms with Crippen LogP contribution in [0.1, 0.15) is 11.7 Å². The van der Waals surface area contributed by atoms with Crippen LogP contribution in [0.3, 0.4) is 0 Å². The first kappa shape index (κ1) is 11.7. The number of nitro benzene ring substituents is 1. The molecule has 1 unspecified atom stereocenters. The van der Waals surface area contributed by atoms with Crippen LogP contribution < -0.4 is 5.32 Å². The number of phenols is 1. The van der Waals surface area contributed by atoms with Crippen LogP contribution in [0.4, 0.5) is 10.1 Å². The Morgan fingerprint density at radius 2 is 2.35 bits per heavy atom. The van der Waals surface area contributed by atoms with E-state index in [-0.39, 0.29) is 5.56 Å². The summed E-state index contributed by atoms with van der Waals surface area (Å²) in [4.78, 5) is 9.81. The van der Waals surface area contributed by atoms with Crippen molar-refractivity contribution < 1.29 is 19.2 Å². The molecule has 1 atom stereocenters. The van der Waals surface area contributed by atoms with Gasteiger partial charge in [0.25, 0.3) is 0 Å². The van der Waals surface area contributed by atoms with E-state index in [9.17, 15) is 19.6 Å². The van der Waals surface area contributed by atoms with Crippen molar-refractivity contribution >= 4 is 5.69 Å². The minimum Gasteiger partial charge on any atom is -0.502 e. The van der Waals surface area contributed by atoms with Crippen LogP contribution in [-0.4, -0.2) is 29.7 Å². The van der Waals surface area contributed by atoms with E-state index in [4.69, 9.17) is 4.74 Å². The van der Waals surface area contributed by atoms with E-state index >= 15 is 0 Å². The average Bonchev–Trinajstić information content (AvgIpc) is 2.32. The van der Waals surface area contributed by atoms with Gasteiger partial charge < -0.3 is 15.2 Å². The third kappa shape index (κ3) is 2.34. The molecule has 1 aliphatic rings. The molecule has 1 aromatic rings. The Labute approximate surface area is 96.2 Å². The van der Waals surface area contributed by atoms with Crippen molar-refractivity contribution in [1.82, 2.24) is 5.32 Å². The number of nitro groups is 1.